The van der Waals surface area contributed by atoms with Gasteiger partial charge in [0.1, 0.15) is 11.6 Å². The topological polar surface area (TPSA) is 74.5 Å². The molecule has 22 heavy (non-hydrogen) atoms. The number of rotatable bonds is 4. The number of furan rings is 1. The van der Waals surface area contributed by atoms with Crippen molar-refractivity contribution in [2.24, 2.45) is 0 Å². The molecule has 1 heterocycles. The van der Waals surface area contributed by atoms with E-state index in [2.05, 4.69) is 10.6 Å². The summed E-state index contributed by atoms with van der Waals surface area (Å²) in [5.74, 6) is 0.0556. The minimum atomic E-state index is -0.814. The molecule has 0 bridgehead atoms. The van der Waals surface area contributed by atoms with Crippen molar-refractivity contribution < 1.29 is 18.7 Å². The van der Waals surface area contributed by atoms with Crippen molar-refractivity contribution in [1.29, 1.82) is 0 Å². The Balaban J connectivity index is 1.66. The van der Waals surface area contributed by atoms with Crippen LogP contribution in [0.2, 0.25) is 0 Å². The van der Waals surface area contributed by atoms with E-state index < -0.39 is 17.4 Å². The molecule has 0 aliphatic heterocycles. The number of anilines is 1. The van der Waals surface area contributed by atoms with E-state index in [0.717, 1.165) is 6.42 Å². The summed E-state index contributed by atoms with van der Waals surface area (Å²) in [5, 5.41) is 14.9. The van der Waals surface area contributed by atoms with Gasteiger partial charge in [0.05, 0.1) is 17.6 Å². The summed E-state index contributed by atoms with van der Waals surface area (Å²) in [6.45, 7) is 0.165. The summed E-state index contributed by atoms with van der Waals surface area (Å²) in [6, 6.07) is 7.30. The number of carbonyl (C=O) groups is 1. The lowest BCUT2D eigenvalue weighted by Gasteiger charge is -2.36. The van der Waals surface area contributed by atoms with Gasteiger partial charge in [-0.3, -0.25) is 0 Å². The molecule has 0 atom stereocenters. The predicted molar refractivity (Wildman–Crippen MR) is 79.9 cm³/mol. The molecule has 0 saturated heterocycles. The molecule has 116 valence electrons. The van der Waals surface area contributed by atoms with Gasteiger partial charge in [0.25, 0.3) is 0 Å². The van der Waals surface area contributed by atoms with E-state index in [0.29, 0.717) is 24.2 Å². The fraction of sp³-hybridized carbons (Fsp3) is 0.312. The molecule has 1 fully saturated rings. The lowest BCUT2D eigenvalue weighted by molar-refractivity contribution is -0.0287. The van der Waals surface area contributed by atoms with Crippen LogP contribution < -0.4 is 10.6 Å². The number of carbonyl (C=O) groups excluding carboxylic acids is 1. The molecule has 3 N–H and O–H groups in total. The molecule has 0 unspecified atom stereocenters. The van der Waals surface area contributed by atoms with E-state index in [1.165, 1.54) is 18.4 Å². The van der Waals surface area contributed by atoms with Crippen LogP contribution in [0.25, 0.3) is 11.3 Å². The summed E-state index contributed by atoms with van der Waals surface area (Å²) < 4.78 is 19.1. The molecular formula is C16H17FN2O3. The van der Waals surface area contributed by atoms with Gasteiger partial charge in [0.2, 0.25) is 0 Å². The number of amides is 2. The van der Waals surface area contributed by atoms with Gasteiger partial charge in [-0.15, -0.1) is 0 Å². The number of halogens is 1. The Kier molecular flexibility index (Phi) is 3.85. The zero-order valence-electron chi connectivity index (χ0n) is 11.9. The van der Waals surface area contributed by atoms with Gasteiger partial charge in [-0.1, -0.05) is 0 Å². The Labute approximate surface area is 127 Å². The molecule has 6 heteroatoms. The zero-order valence-corrected chi connectivity index (χ0v) is 11.9. The standard InChI is InChI=1S/C16H17FN2O3/c17-12-5-4-11(14-3-1-8-22-14)9-13(12)19-15(20)18-10-16(21)6-2-7-16/h1,3-5,8-9,21H,2,6-7,10H2,(H2,18,19,20). The number of nitrogens with one attached hydrogen (secondary N) is 2. The molecule has 1 aliphatic carbocycles. The second-order valence-corrected chi connectivity index (χ2v) is 5.56. The molecule has 0 radical (unpaired) electrons. The van der Waals surface area contributed by atoms with Crippen molar-refractivity contribution in [1.82, 2.24) is 5.32 Å². The van der Waals surface area contributed by atoms with Crippen LogP contribution in [0.3, 0.4) is 0 Å². The molecule has 1 aliphatic rings. The van der Waals surface area contributed by atoms with E-state index in [4.69, 9.17) is 4.42 Å². The Morgan fingerprint density at radius 1 is 1.36 bits per heavy atom. The first-order valence-electron chi connectivity index (χ1n) is 7.16. The summed E-state index contributed by atoms with van der Waals surface area (Å²) in [4.78, 5) is 11.8. The molecule has 5 nitrogen and oxygen atoms in total. The van der Waals surface area contributed by atoms with E-state index >= 15 is 0 Å². The zero-order chi connectivity index (χ0) is 15.6. The smallest absolute Gasteiger partial charge is 0.319 e. The third-order valence-electron chi connectivity index (χ3n) is 3.88. The molecule has 1 saturated carbocycles. The van der Waals surface area contributed by atoms with Gasteiger partial charge in [0.15, 0.2) is 0 Å². The third kappa shape index (κ3) is 3.12. The molecule has 2 amide bonds. The van der Waals surface area contributed by atoms with Crippen LogP contribution in [0.15, 0.2) is 41.0 Å². The highest BCUT2D eigenvalue weighted by Crippen LogP contribution is 2.30. The van der Waals surface area contributed by atoms with Crippen molar-refractivity contribution in [2.75, 3.05) is 11.9 Å². The summed E-state index contributed by atoms with van der Waals surface area (Å²) in [7, 11) is 0. The molecule has 2 aromatic rings. The van der Waals surface area contributed by atoms with Crippen LogP contribution in [0.5, 0.6) is 0 Å². The number of urea groups is 1. The SMILES string of the molecule is O=C(NCC1(O)CCC1)Nc1cc(-c2ccco2)ccc1F. The highest BCUT2D eigenvalue weighted by molar-refractivity contribution is 5.90. The Morgan fingerprint density at radius 3 is 2.82 bits per heavy atom. The maximum atomic E-state index is 13.8. The molecule has 3 rings (SSSR count). The fourth-order valence-electron chi connectivity index (χ4n) is 2.39. The van der Waals surface area contributed by atoms with E-state index in [1.54, 1.807) is 18.2 Å². The van der Waals surface area contributed by atoms with Crippen molar-refractivity contribution in [3.63, 3.8) is 0 Å². The van der Waals surface area contributed by atoms with Crippen LogP contribution in [0, 0.1) is 5.82 Å². The first-order valence-corrected chi connectivity index (χ1v) is 7.16. The second-order valence-electron chi connectivity index (χ2n) is 5.56. The molecule has 1 aromatic heterocycles. The van der Waals surface area contributed by atoms with Gasteiger partial charge in [-0.2, -0.15) is 0 Å². The van der Waals surface area contributed by atoms with E-state index in [-0.39, 0.29) is 12.2 Å². The lowest BCUT2D eigenvalue weighted by Crippen LogP contribution is -2.48. The van der Waals surface area contributed by atoms with Gasteiger partial charge in [-0.05, 0) is 49.6 Å². The molecule has 1 aromatic carbocycles. The maximum absolute atomic E-state index is 13.8. The molecular weight excluding hydrogens is 287 g/mol. The highest BCUT2D eigenvalue weighted by Gasteiger charge is 2.34. The lowest BCUT2D eigenvalue weighted by atomic mass is 9.80. The quantitative estimate of drug-likeness (QED) is 0.812. The maximum Gasteiger partial charge on any atom is 0.319 e. The van der Waals surface area contributed by atoms with Crippen LogP contribution >= 0.6 is 0 Å². The molecule has 0 spiro atoms. The number of hydrogen-bond acceptors (Lipinski definition) is 3. The van der Waals surface area contributed by atoms with E-state index in [1.807, 2.05) is 0 Å². The van der Waals surface area contributed by atoms with Gasteiger partial charge in [0, 0.05) is 12.1 Å². The first-order chi connectivity index (χ1) is 10.6. The third-order valence-corrected chi connectivity index (χ3v) is 3.88. The van der Waals surface area contributed by atoms with Crippen LogP contribution in [-0.2, 0) is 0 Å². The van der Waals surface area contributed by atoms with E-state index in [9.17, 15) is 14.3 Å². The minimum Gasteiger partial charge on any atom is -0.464 e. The minimum absolute atomic E-state index is 0.0620. The van der Waals surface area contributed by atoms with Gasteiger partial charge >= 0.3 is 6.03 Å². The average Bonchev–Trinajstić information content (AvgIpc) is 2.99. The Hall–Kier alpha value is -2.34. The van der Waals surface area contributed by atoms with Crippen LogP contribution in [-0.4, -0.2) is 23.3 Å². The second kappa shape index (κ2) is 5.81. The van der Waals surface area contributed by atoms with Crippen molar-refractivity contribution >= 4 is 11.7 Å². The van der Waals surface area contributed by atoms with Crippen LogP contribution in [0.4, 0.5) is 14.9 Å². The largest absolute Gasteiger partial charge is 0.464 e. The number of aliphatic hydroxyl groups is 1. The normalized spacial score (nSPS) is 15.9. The fourth-order valence-corrected chi connectivity index (χ4v) is 2.39. The monoisotopic (exact) mass is 304 g/mol. The number of hydrogen-bond donors (Lipinski definition) is 3. The first kappa shape index (κ1) is 14.6. The average molecular weight is 304 g/mol. The van der Waals surface area contributed by atoms with Crippen molar-refractivity contribution in [3.8, 4) is 11.3 Å². The Morgan fingerprint density at radius 2 is 2.18 bits per heavy atom. The summed E-state index contributed by atoms with van der Waals surface area (Å²) in [6.07, 6.45) is 3.84. The highest BCUT2D eigenvalue weighted by atomic mass is 19.1. The summed E-state index contributed by atoms with van der Waals surface area (Å²) >= 11 is 0. The number of benzene rings is 1. The summed E-state index contributed by atoms with van der Waals surface area (Å²) in [5.41, 5.74) is -0.0855. The van der Waals surface area contributed by atoms with Crippen molar-refractivity contribution in [3.05, 3.63) is 42.4 Å². The predicted octanol–water partition coefficient (Wildman–Crippen LogP) is 3.12. The van der Waals surface area contributed by atoms with Crippen molar-refractivity contribution in [2.45, 2.75) is 24.9 Å². The van der Waals surface area contributed by atoms with Crippen LogP contribution in [0.1, 0.15) is 19.3 Å². The van der Waals surface area contributed by atoms with Gasteiger partial charge in [-0.25, -0.2) is 9.18 Å². The Bertz CT molecular complexity index is 666. The van der Waals surface area contributed by atoms with Gasteiger partial charge < -0.3 is 20.2 Å².